The van der Waals surface area contributed by atoms with Crippen molar-refractivity contribution in [3.05, 3.63) is 23.8 Å². The smallest absolute Gasteiger partial charge is 0.335 e. The average molecular weight is 222 g/mol. The summed E-state index contributed by atoms with van der Waals surface area (Å²) in [7, 11) is 0. The molecule has 0 heterocycles. The van der Waals surface area contributed by atoms with Crippen molar-refractivity contribution in [2.24, 2.45) is 0 Å². The first-order chi connectivity index (χ1) is 7.60. The standard InChI is InChI=1S/C12H18N2O2/c1-3-7-14(4-2)11-6-5-9(12(15)16)8-10(11)13/h5-6,8H,3-4,7,13H2,1-2H3,(H,15,16). The van der Waals surface area contributed by atoms with Crippen molar-refractivity contribution in [3.8, 4) is 0 Å². The van der Waals surface area contributed by atoms with Crippen LogP contribution in [0.1, 0.15) is 30.6 Å². The van der Waals surface area contributed by atoms with Crippen molar-refractivity contribution in [2.75, 3.05) is 23.7 Å². The highest BCUT2D eigenvalue weighted by Crippen LogP contribution is 2.24. The summed E-state index contributed by atoms with van der Waals surface area (Å²) < 4.78 is 0. The third-order valence-electron chi connectivity index (χ3n) is 2.49. The molecule has 0 fully saturated rings. The van der Waals surface area contributed by atoms with Gasteiger partial charge in [-0.15, -0.1) is 0 Å². The topological polar surface area (TPSA) is 66.6 Å². The van der Waals surface area contributed by atoms with Gasteiger partial charge in [-0.05, 0) is 31.5 Å². The minimum Gasteiger partial charge on any atom is -0.478 e. The van der Waals surface area contributed by atoms with Gasteiger partial charge in [-0.25, -0.2) is 4.79 Å². The lowest BCUT2D eigenvalue weighted by Gasteiger charge is -2.24. The van der Waals surface area contributed by atoms with E-state index >= 15 is 0 Å². The fourth-order valence-corrected chi connectivity index (χ4v) is 1.69. The molecule has 0 radical (unpaired) electrons. The fourth-order valence-electron chi connectivity index (χ4n) is 1.69. The van der Waals surface area contributed by atoms with Crippen LogP contribution in [0.2, 0.25) is 0 Å². The first-order valence-electron chi connectivity index (χ1n) is 5.47. The van der Waals surface area contributed by atoms with Crippen molar-refractivity contribution in [1.29, 1.82) is 0 Å². The molecule has 0 aliphatic rings. The lowest BCUT2D eigenvalue weighted by atomic mass is 10.1. The van der Waals surface area contributed by atoms with E-state index in [0.29, 0.717) is 5.69 Å². The Hall–Kier alpha value is -1.71. The number of anilines is 2. The lowest BCUT2D eigenvalue weighted by molar-refractivity contribution is 0.0697. The Bertz CT molecular complexity index is 377. The van der Waals surface area contributed by atoms with Crippen LogP contribution in [0.25, 0.3) is 0 Å². The van der Waals surface area contributed by atoms with E-state index in [1.807, 2.05) is 0 Å². The molecule has 4 heteroatoms. The van der Waals surface area contributed by atoms with Crippen LogP contribution >= 0.6 is 0 Å². The molecule has 0 aromatic heterocycles. The van der Waals surface area contributed by atoms with Gasteiger partial charge in [0.05, 0.1) is 16.9 Å². The number of carboxylic acid groups (broad SMARTS) is 1. The molecule has 0 saturated heterocycles. The quantitative estimate of drug-likeness (QED) is 0.749. The summed E-state index contributed by atoms with van der Waals surface area (Å²) in [5, 5.41) is 8.83. The molecule has 0 saturated carbocycles. The molecule has 4 nitrogen and oxygen atoms in total. The Morgan fingerprint density at radius 1 is 1.44 bits per heavy atom. The molecule has 0 spiro atoms. The van der Waals surface area contributed by atoms with Gasteiger partial charge in [-0.2, -0.15) is 0 Å². The summed E-state index contributed by atoms with van der Waals surface area (Å²) >= 11 is 0. The Kier molecular flexibility index (Phi) is 4.17. The van der Waals surface area contributed by atoms with Gasteiger partial charge in [0, 0.05) is 13.1 Å². The fraction of sp³-hybridized carbons (Fsp3) is 0.417. The third-order valence-corrected chi connectivity index (χ3v) is 2.49. The van der Waals surface area contributed by atoms with E-state index in [-0.39, 0.29) is 5.56 Å². The summed E-state index contributed by atoms with van der Waals surface area (Å²) in [6, 6.07) is 4.88. The van der Waals surface area contributed by atoms with Crippen LogP contribution in [0.3, 0.4) is 0 Å². The van der Waals surface area contributed by atoms with Crippen molar-refractivity contribution in [3.63, 3.8) is 0 Å². The van der Waals surface area contributed by atoms with Crippen LogP contribution in [0.4, 0.5) is 11.4 Å². The number of aromatic carboxylic acids is 1. The van der Waals surface area contributed by atoms with E-state index in [1.54, 1.807) is 12.1 Å². The molecule has 16 heavy (non-hydrogen) atoms. The van der Waals surface area contributed by atoms with Crippen molar-refractivity contribution in [2.45, 2.75) is 20.3 Å². The van der Waals surface area contributed by atoms with Crippen molar-refractivity contribution >= 4 is 17.3 Å². The van der Waals surface area contributed by atoms with Gasteiger partial charge >= 0.3 is 5.97 Å². The van der Waals surface area contributed by atoms with Crippen LogP contribution < -0.4 is 10.6 Å². The largest absolute Gasteiger partial charge is 0.478 e. The predicted molar refractivity (Wildman–Crippen MR) is 66.0 cm³/mol. The number of nitrogens with zero attached hydrogens (tertiary/aromatic N) is 1. The number of nitrogens with two attached hydrogens (primary N) is 1. The maximum Gasteiger partial charge on any atom is 0.335 e. The van der Waals surface area contributed by atoms with Gasteiger partial charge in [0.25, 0.3) is 0 Å². The van der Waals surface area contributed by atoms with Crippen LogP contribution in [0.5, 0.6) is 0 Å². The number of hydrogen-bond acceptors (Lipinski definition) is 3. The molecule has 88 valence electrons. The Balaban J connectivity index is 3.01. The highest BCUT2D eigenvalue weighted by Gasteiger charge is 2.10. The van der Waals surface area contributed by atoms with Gasteiger partial charge in [0.15, 0.2) is 0 Å². The van der Waals surface area contributed by atoms with E-state index in [4.69, 9.17) is 10.8 Å². The zero-order valence-electron chi connectivity index (χ0n) is 9.73. The van der Waals surface area contributed by atoms with Crippen LogP contribution in [-0.4, -0.2) is 24.2 Å². The number of carbonyl (C=O) groups is 1. The Labute approximate surface area is 95.7 Å². The molecule has 0 unspecified atom stereocenters. The molecule has 0 amide bonds. The first-order valence-corrected chi connectivity index (χ1v) is 5.47. The minimum atomic E-state index is -0.947. The second kappa shape index (κ2) is 5.39. The molecule has 0 atom stereocenters. The Morgan fingerprint density at radius 3 is 2.56 bits per heavy atom. The first kappa shape index (κ1) is 12.4. The maximum absolute atomic E-state index is 10.8. The van der Waals surface area contributed by atoms with Crippen molar-refractivity contribution < 1.29 is 9.90 Å². The molecule has 1 aromatic carbocycles. The molecule has 3 N–H and O–H groups in total. The van der Waals surface area contributed by atoms with Crippen molar-refractivity contribution in [1.82, 2.24) is 0 Å². The number of hydrogen-bond donors (Lipinski definition) is 2. The number of benzene rings is 1. The number of nitrogen functional groups attached to an aromatic ring is 1. The van der Waals surface area contributed by atoms with Crippen LogP contribution in [0, 0.1) is 0 Å². The van der Waals surface area contributed by atoms with E-state index in [9.17, 15) is 4.79 Å². The summed E-state index contributed by atoms with van der Waals surface area (Å²) in [5.41, 5.74) is 7.53. The van der Waals surface area contributed by atoms with Crippen LogP contribution in [-0.2, 0) is 0 Å². The van der Waals surface area contributed by atoms with Gasteiger partial charge in [-0.1, -0.05) is 6.92 Å². The molecule has 0 aliphatic heterocycles. The van der Waals surface area contributed by atoms with Gasteiger partial charge in [0.2, 0.25) is 0 Å². The summed E-state index contributed by atoms with van der Waals surface area (Å²) in [5.74, 6) is -0.947. The van der Waals surface area contributed by atoms with Gasteiger partial charge in [-0.3, -0.25) is 0 Å². The Morgan fingerprint density at radius 2 is 2.12 bits per heavy atom. The monoisotopic (exact) mass is 222 g/mol. The van der Waals surface area contributed by atoms with E-state index in [0.717, 1.165) is 25.2 Å². The van der Waals surface area contributed by atoms with Gasteiger partial charge < -0.3 is 15.7 Å². The zero-order valence-corrected chi connectivity index (χ0v) is 9.73. The number of rotatable bonds is 5. The highest BCUT2D eigenvalue weighted by molar-refractivity contribution is 5.90. The van der Waals surface area contributed by atoms with E-state index in [1.165, 1.54) is 6.07 Å². The summed E-state index contributed by atoms with van der Waals surface area (Å²) in [4.78, 5) is 12.9. The maximum atomic E-state index is 10.8. The SMILES string of the molecule is CCCN(CC)c1ccc(C(=O)O)cc1N. The number of carboxylic acids is 1. The second-order valence-corrected chi connectivity index (χ2v) is 3.66. The molecule has 1 rings (SSSR count). The second-order valence-electron chi connectivity index (χ2n) is 3.66. The highest BCUT2D eigenvalue weighted by atomic mass is 16.4. The zero-order chi connectivity index (χ0) is 12.1. The predicted octanol–water partition coefficient (Wildman–Crippen LogP) is 2.20. The molecular weight excluding hydrogens is 204 g/mol. The minimum absolute atomic E-state index is 0.230. The molecular formula is C12H18N2O2. The van der Waals surface area contributed by atoms with E-state index in [2.05, 4.69) is 18.7 Å². The van der Waals surface area contributed by atoms with E-state index < -0.39 is 5.97 Å². The lowest BCUT2D eigenvalue weighted by Crippen LogP contribution is -2.24. The normalized spacial score (nSPS) is 10.1. The molecule has 1 aromatic rings. The van der Waals surface area contributed by atoms with Crippen LogP contribution in [0.15, 0.2) is 18.2 Å². The average Bonchev–Trinajstić information content (AvgIpc) is 2.26. The molecule has 0 aliphatic carbocycles. The van der Waals surface area contributed by atoms with Gasteiger partial charge in [0.1, 0.15) is 0 Å². The summed E-state index contributed by atoms with van der Waals surface area (Å²) in [6.45, 7) is 5.95. The summed E-state index contributed by atoms with van der Waals surface area (Å²) in [6.07, 6.45) is 1.04. The third kappa shape index (κ3) is 2.66. The molecule has 0 bridgehead atoms.